The van der Waals surface area contributed by atoms with Crippen molar-refractivity contribution < 1.29 is 0 Å². The first-order valence-electron chi connectivity index (χ1n) is 4.36. The van der Waals surface area contributed by atoms with E-state index in [4.69, 9.17) is 5.73 Å². The minimum absolute atomic E-state index is 0. The van der Waals surface area contributed by atoms with E-state index in [1.807, 2.05) is 12.1 Å². The second kappa shape index (κ2) is 7.26. The van der Waals surface area contributed by atoms with Gasteiger partial charge >= 0.3 is 0 Å². The molecule has 0 fully saturated rings. The van der Waals surface area contributed by atoms with Crippen molar-refractivity contribution in [3.63, 3.8) is 0 Å². The van der Waals surface area contributed by atoms with Crippen LogP contribution in [0.4, 0.5) is 0 Å². The molecule has 78 valence electrons. The summed E-state index contributed by atoms with van der Waals surface area (Å²) in [6.07, 6.45) is 3.87. The number of hydrogen-bond acceptors (Lipinski definition) is 1. The fourth-order valence-corrected chi connectivity index (χ4v) is 1.77. The summed E-state index contributed by atoms with van der Waals surface area (Å²) in [6.45, 7) is 3.69. The molecule has 0 amide bonds. The third-order valence-electron chi connectivity index (χ3n) is 1.96. The molecule has 1 rings (SSSR count). The second-order valence-corrected chi connectivity index (χ2v) is 4.27. The average molecular weight is 324 g/mol. The van der Waals surface area contributed by atoms with E-state index in [0.29, 0.717) is 0 Å². The van der Waals surface area contributed by atoms with Crippen LogP contribution in [-0.2, 0) is 0 Å². The Balaban J connectivity index is 0.00000169. The Morgan fingerprint density at radius 2 is 2.21 bits per heavy atom. The highest BCUT2D eigenvalue weighted by Gasteiger charge is 2.04. The molecule has 1 aromatic carbocycles. The molecule has 14 heavy (non-hydrogen) atoms. The van der Waals surface area contributed by atoms with Crippen LogP contribution in [0.3, 0.4) is 0 Å². The predicted octanol–water partition coefficient (Wildman–Crippen LogP) is 3.68. The number of rotatable bonds is 4. The molecule has 1 atom stereocenters. The van der Waals surface area contributed by atoms with E-state index >= 15 is 0 Å². The molecular weight excluding hydrogens is 308 g/mol. The van der Waals surface area contributed by atoms with Crippen molar-refractivity contribution in [1.82, 2.24) is 0 Å². The maximum Gasteiger partial charge on any atom is 0.0298 e. The minimum atomic E-state index is 0. The van der Waals surface area contributed by atoms with Gasteiger partial charge in [-0.2, -0.15) is 0 Å². The van der Waals surface area contributed by atoms with Crippen LogP contribution in [0.2, 0.25) is 0 Å². The molecule has 0 bridgehead atoms. The maximum absolute atomic E-state index is 6.00. The molecule has 0 saturated carbocycles. The van der Waals surface area contributed by atoms with E-state index < -0.39 is 0 Å². The molecule has 1 nitrogen and oxygen atoms in total. The molecule has 0 aromatic heterocycles. The summed E-state index contributed by atoms with van der Waals surface area (Å²) in [4.78, 5) is 0. The van der Waals surface area contributed by atoms with Crippen LogP contribution >= 0.6 is 35.0 Å². The molecule has 0 heterocycles. The van der Waals surface area contributed by atoms with Crippen molar-refractivity contribution in [2.45, 2.75) is 18.9 Å². The summed E-state index contributed by atoms with van der Waals surface area (Å²) in [5.41, 5.74) is 7.22. The molecule has 0 saturated heterocycles. The molecule has 2 N–H and O–H groups in total. The maximum atomic E-state index is 6.00. The Morgan fingerprint density at radius 1 is 1.50 bits per heavy atom. The normalized spacial score (nSPS) is 11.6. The van der Waals surface area contributed by atoms with Crippen molar-refractivity contribution in [2.24, 2.45) is 5.73 Å². The fraction of sp³-hybridized carbons (Fsp3) is 0.273. The van der Waals surface area contributed by atoms with Crippen LogP contribution in [0.5, 0.6) is 0 Å². The van der Waals surface area contributed by atoms with Crippen molar-refractivity contribution in [3.05, 3.63) is 46.1 Å². The van der Waals surface area contributed by atoms with Gasteiger partial charge in [0.25, 0.3) is 0 Å². The lowest BCUT2D eigenvalue weighted by molar-refractivity contribution is 0.661. The summed E-state index contributed by atoms with van der Waals surface area (Å²) >= 11 is 2.30. The SMILES string of the molecule is C=CCC[C@H](N)c1cccc(I)c1.Cl. The molecule has 0 aliphatic rings. The fourth-order valence-electron chi connectivity index (χ4n) is 1.20. The van der Waals surface area contributed by atoms with Crippen molar-refractivity contribution in [3.8, 4) is 0 Å². The Bertz CT molecular complexity index is 288. The standard InChI is InChI=1S/C11H14IN.ClH/c1-2-3-7-11(13)9-5-4-6-10(12)8-9;/h2,4-6,8,11H,1,3,7,13H2;1H/t11-;/m0./s1. The highest BCUT2D eigenvalue weighted by Crippen LogP contribution is 2.17. The molecule has 1 aromatic rings. The second-order valence-electron chi connectivity index (χ2n) is 3.03. The first-order valence-corrected chi connectivity index (χ1v) is 5.44. The van der Waals surface area contributed by atoms with Crippen molar-refractivity contribution >= 4 is 35.0 Å². The van der Waals surface area contributed by atoms with Crippen LogP contribution in [-0.4, -0.2) is 0 Å². The van der Waals surface area contributed by atoms with E-state index in [0.717, 1.165) is 12.8 Å². The molecule has 3 heteroatoms. The van der Waals surface area contributed by atoms with E-state index in [1.54, 1.807) is 0 Å². The highest BCUT2D eigenvalue weighted by molar-refractivity contribution is 14.1. The van der Waals surface area contributed by atoms with Gasteiger partial charge in [0.2, 0.25) is 0 Å². The van der Waals surface area contributed by atoms with E-state index in [2.05, 4.69) is 47.4 Å². The van der Waals surface area contributed by atoms with Crippen LogP contribution in [0.1, 0.15) is 24.4 Å². The largest absolute Gasteiger partial charge is 0.324 e. The summed E-state index contributed by atoms with van der Waals surface area (Å²) in [5, 5.41) is 0. The predicted molar refractivity (Wildman–Crippen MR) is 72.8 cm³/mol. The lowest BCUT2D eigenvalue weighted by atomic mass is 10.0. The third-order valence-corrected chi connectivity index (χ3v) is 2.63. The van der Waals surface area contributed by atoms with Gasteiger partial charge in [0.05, 0.1) is 0 Å². The third kappa shape index (κ3) is 4.44. The Kier molecular flexibility index (Phi) is 7.23. The monoisotopic (exact) mass is 323 g/mol. The van der Waals surface area contributed by atoms with Crippen molar-refractivity contribution in [1.29, 1.82) is 0 Å². The Morgan fingerprint density at radius 3 is 2.79 bits per heavy atom. The Hall–Kier alpha value is -0.0600. The van der Waals surface area contributed by atoms with Gasteiger partial charge in [-0.3, -0.25) is 0 Å². The zero-order chi connectivity index (χ0) is 9.68. The quantitative estimate of drug-likeness (QED) is 0.664. The molecule has 0 radical (unpaired) electrons. The zero-order valence-electron chi connectivity index (χ0n) is 7.95. The lowest BCUT2D eigenvalue weighted by Crippen LogP contribution is -2.09. The van der Waals surface area contributed by atoms with Gasteiger partial charge in [-0.05, 0) is 53.1 Å². The first-order chi connectivity index (χ1) is 6.24. The van der Waals surface area contributed by atoms with Crippen LogP contribution in [0.25, 0.3) is 0 Å². The number of halogens is 2. The summed E-state index contributed by atoms with van der Waals surface area (Å²) < 4.78 is 1.24. The van der Waals surface area contributed by atoms with Crippen LogP contribution in [0, 0.1) is 3.57 Å². The molecular formula is C11H15ClIN. The van der Waals surface area contributed by atoms with Gasteiger partial charge < -0.3 is 5.73 Å². The topological polar surface area (TPSA) is 26.0 Å². The highest BCUT2D eigenvalue weighted by atomic mass is 127. The molecule has 0 spiro atoms. The Labute approximate surface area is 105 Å². The average Bonchev–Trinajstić information content (AvgIpc) is 2.14. The summed E-state index contributed by atoms with van der Waals surface area (Å²) in [7, 11) is 0. The summed E-state index contributed by atoms with van der Waals surface area (Å²) in [6, 6.07) is 8.48. The lowest BCUT2D eigenvalue weighted by Gasteiger charge is -2.10. The number of nitrogens with two attached hydrogens (primary N) is 1. The van der Waals surface area contributed by atoms with Gasteiger partial charge in [0.15, 0.2) is 0 Å². The van der Waals surface area contributed by atoms with E-state index in [1.165, 1.54) is 9.13 Å². The number of allylic oxidation sites excluding steroid dienone is 1. The zero-order valence-corrected chi connectivity index (χ0v) is 10.9. The molecule has 0 aliphatic heterocycles. The number of hydrogen-bond donors (Lipinski definition) is 1. The minimum Gasteiger partial charge on any atom is -0.324 e. The van der Waals surface area contributed by atoms with Crippen molar-refractivity contribution in [2.75, 3.05) is 0 Å². The summed E-state index contributed by atoms with van der Waals surface area (Å²) in [5.74, 6) is 0. The number of benzene rings is 1. The van der Waals surface area contributed by atoms with Gasteiger partial charge in [-0.15, -0.1) is 19.0 Å². The van der Waals surface area contributed by atoms with Gasteiger partial charge in [0, 0.05) is 9.61 Å². The first kappa shape index (κ1) is 13.9. The van der Waals surface area contributed by atoms with Gasteiger partial charge in [0.1, 0.15) is 0 Å². The molecule has 0 unspecified atom stereocenters. The van der Waals surface area contributed by atoms with E-state index in [-0.39, 0.29) is 18.4 Å². The van der Waals surface area contributed by atoms with Crippen LogP contribution < -0.4 is 5.73 Å². The smallest absolute Gasteiger partial charge is 0.0298 e. The molecule has 0 aliphatic carbocycles. The van der Waals surface area contributed by atoms with E-state index in [9.17, 15) is 0 Å². The van der Waals surface area contributed by atoms with Crippen LogP contribution in [0.15, 0.2) is 36.9 Å². The van der Waals surface area contributed by atoms with Gasteiger partial charge in [-0.1, -0.05) is 18.2 Å². The van der Waals surface area contributed by atoms with Gasteiger partial charge in [-0.25, -0.2) is 0 Å².